The Labute approximate surface area is 199 Å². The molecule has 7 heteroatoms. The van der Waals surface area contributed by atoms with E-state index in [1.165, 1.54) is 0 Å². The molecule has 7 nitrogen and oxygen atoms in total. The summed E-state index contributed by atoms with van der Waals surface area (Å²) < 4.78 is 10.8. The highest BCUT2D eigenvalue weighted by atomic mass is 16.5. The van der Waals surface area contributed by atoms with Crippen LogP contribution in [0.15, 0.2) is 71.2 Å². The van der Waals surface area contributed by atoms with Crippen molar-refractivity contribution in [1.82, 2.24) is 4.90 Å². The number of hydrogen-bond acceptors (Lipinski definition) is 6. The van der Waals surface area contributed by atoms with Crippen molar-refractivity contribution in [3.8, 4) is 5.75 Å². The molecule has 0 aromatic heterocycles. The van der Waals surface area contributed by atoms with Gasteiger partial charge in [-0.1, -0.05) is 30.3 Å². The van der Waals surface area contributed by atoms with Gasteiger partial charge in [-0.05, 0) is 61.9 Å². The fraction of sp³-hybridized carbons (Fsp3) is 0.333. The maximum atomic E-state index is 13.8. The van der Waals surface area contributed by atoms with Crippen LogP contribution in [0.5, 0.6) is 5.75 Å². The first-order chi connectivity index (χ1) is 16.5. The van der Waals surface area contributed by atoms with Crippen molar-refractivity contribution >= 4 is 17.6 Å². The second kappa shape index (κ2) is 8.56. The minimum absolute atomic E-state index is 0.194. The summed E-state index contributed by atoms with van der Waals surface area (Å²) in [5, 5.41) is 3.01. The molecule has 176 valence electrons. The van der Waals surface area contributed by atoms with Crippen LogP contribution >= 0.6 is 0 Å². The number of anilines is 1. The van der Waals surface area contributed by atoms with E-state index in [-0.39, 0.29) is 23.9 Å². The predicted molar refractivity (Wildman–Crippen MR) is 129 cm³/mol. The minimum atomic E-state index is -1.26. The molecule has 1 spiro atoms. The molecule has 5 rings (SSSR count). The fourth-order valence-electron chi connectivity index (χ4n) is 5.57. The SMILES string of the molecule is CCOC(=O)C1=C(N)N(Cc2ccc(OC)cc2)C2=C(CCCC2)[C@@]12C(=O)Nc1ccccc12. The molecule has 2 aromatic rings. The molecule has 0 bridgehead atoms. The van der Waals surface area contributed by atoms with Crippen LogP contribution in [-0.2, 0) is 26.3 Å². The highest BCUT2D eigenvalue weighted by Gasteiger charge is 2.59. The van der Waals surface area contributed by atoms with Gasteiger partial charge in [-0.2, -0.15) is 0 Å². The third kappa shape index (κ3) is 3.18. The summed E-state index contributed by atoms with van der Waals surface area (Å²) in [7, 11) is 1.63. The monoisotopic (exact) mass is 459 g/mol. The first-order valence-corrected chi connectivity index (χ1v) is 11.7. The van der Waals surface area contributed by atoms with E-state index in [4.69, 9.17) is 15.2 Å². The molecule has 1 aliphatic carbocycles. The smallest absolute Gasteiger partial charge is 0.339 e. The Morgan fingerprint density at radius 1 is 1.12 bits per heavy atom. The number of fused-ring (bicyclic) bond motifs is 3. The van der Waals surface area contributed by atoms with E-state index in [1.807, 2.05) is 53.4 Å². The van der Waals surface area contributed by atoms with Crippen LogP contribution in [0.25, 0.3) is 0 Å². The van der Waals surface area contributed by atoms with E-state index < -0.39 is 11.4 Å². The second-order valence-electron chi connectivity index (χ2n) is 8.80. The third-order valence-electron chi connectivity index (χ3n) is 7.04. The number of ether oxygens (including phenoxy) is 2. The number of carbonyl (C=O) groups excluding carboxylic acids is 2. The van der Waals surface area contributed by atoms with Crippen molar-refractivity contribution in [2.75, 3.05) is 19.0 Å². The molecule has 1 amide bonds. The summed E-state index contributed by atoms with van der Waals surface area (Å²) in [6, 6.07) is 15.3. The lowest BCUT2D eigenvalue weighted by atomic mass is 9.64. The van der Waals surface area contributed by atoms with E-state index in [2.05, 4.69) is 5.32 Å². The number of para-hydroxylation sites is 1. The molecular formula is C27H29N3O4. The molecule has 3 aliphatic rings. The van der Waals surface area contributed by atoms with E-state index >= 15 is 0 Å². The lowest BCUT2D eigenvalue weighted by molar-refractivity contribution is -0.140. The first-order valence-electron chi connectivity index (χ1n) is 11.7. The quantitative estimate of drug-likeness (QED) is 0.658. The average Bonchev–Trinajstić information content (AvgIpc) is 3.14. The molecule has 1 atom stereocenters. The van der Waals surface area contributed by atoms with Crippen molar-refractivity contribution < 1.29 is 19.1 Å². The van der Waals surface area contributed by atoms with Gasteiger partial charge in [0.25, 0.3) is 0 Å². The Balaban J connectivity index is 1.72. The zero-order chi connectivity index (χ0) is 23.9. The maximum Gasteiger partial charge on any atom is 0.339 e. The molecule has 0 saturated carbocycles. The van der Waals surface area contributed by atoms with Crippen LogP contribution in [0.1, 0.15) is 43.7 Å². The zero-order valence-corrected chi connectivity index (χ0v) is 19.5. The minimum Gasteiger partial charge on any atom is -0.497 e. The highest BCUT2D eigenvalue weighted by molar-refractivity contribution is 6.17. The van der Waals surface area contributed by atoms with Crippen LogP contribution in [0, 0.1) is 0 Å². The van der Waals surface area contributed by atoms with Gasteiger partial charge in [0, 0.05) is 23.5 Å². The van der Waals surface area contributed by atoms with Gasteiger partial charge in [-0.25, -0.2) is 4.79 Å². The lowest BCUT2D eigenvalue weighted by Gasteiger charge is -2.45. The van der Waals surface area contributed by atoms with Gasteiger partial charge in [0.2, 0.25) is 5.91 Å². The van der Waals surface area contributed by atoms with Crippen molar-refractivity contribution in [1.29, 1.82) is 0 Å². The Morgan fingerprint density at radius 3 is 2.59 bits per heavy atom. The number of rotatable bonds is 5. The van der Waals surface area contributed by atoms with Gasteiger partial charge in [0.1, 0.15) is 22.6 Å². The van der Waals surface area contributed by atoms with Crippen molar-refractivity contribution in [2.24, 2.45) is 5.73 Å². The van der Waals surface area contributed by atoms with Gasteiger partial charge in [0.05, 0.1) is 13.7 Å². The highest BCUT2D eigenvalue weighted by Crippen LogP contribution is 2.55. The van der Waals surface area contributed by atoms with Crippen LogP contribution in [0.3, 0.4) is 0 Å². The van der Waals surface area contributed by atoms with Crippen molar-refractivity contribution in [3.63, 3.8) is 0 Å². The Bertz CT molecular complexity index is 1210. The average molecular weight is 460 g/mol. The Kier molecular flexibility index (Phi) is 5.55. The number of nitrogens with zero attached hydrogens (tertiary/aromatic N) is 1. The summed E-state index contributed by atoms with van der Waals surface area (Å²) in [6.07, 6.45) is 3.45. The largest absolute Gasteiger partial charge is 0.497 e. The summed E-state index contributed by atoms with van der Waals surface area (Å²) in [5.74, 6) is 0.262. The molecule has 2 aliphatic heterocycles. The second-order valence-corrected chi connectivity index (χ2v) is 8.80. The number of benzene rings is 2. The summed E-state index contributed by atoms with van der Waals surface area (Å²) in [6.45, 7) is 2.43. The predicted octanol–water partition coefficient (Wildman–Crippen LogP) is 3.96. The number of nitrogens with one attached hydrogen (secondary N) is 1. The number of carbonyl (C=O) groups is 2. The molecule has 0 saturated heterocycles. The molecule has 0 unspecified atom stereocenters. The molecule has 2 heterocycles. The van der Waals surface area contributed by atoms with Gasteiger partial charge in [0.15, 0.2) is 0 Å². The van der Waals surface area contributed by atoms with Gasteiger partial charge in [-0.3, -0.25) is 4.79 Å². The molecule has 0 radical (unpaired) electrons. The van der Waals surface area contributed by atoms with Crippen LogP contribution < -0.4 is 15.8 Å². The Hall–Kier alpha value is -3.74. The summed E-state index contributed by atoms with van der Waals surface area (Å²) in [5.41, 5.74) is 10.2. The Morgan fingerprint density at radius 2 is 1.85 bits per heavy atom. The van der Waals surface area contributed by atoms with Crippen molar-refractivity contribution in [3.05, 3.63) is 82.3 Å². The van der Waals surface area contributed by atoms with E-state index in [0.717, 1.165) is 47.4 Å². The lowest BCUT2D eigenvalue weighted by Crippen LogP contribution is -2.50. The summed E-state index contributed by atoms with van der Waals surface area (Å²) in [4.78, 5) is 29.3. The number of nitrogens with two attached hydrogens (primary N) is 1. The normalized spacial score (nSPS) is 21.4. The number of methoxy groups -OCH3 is 1. The summed E-state index contributed by atoms with van der Waals surface area (Å²) >= 11 is 0. The maximum absolute atomic E-state index is 13.8. The van der Waals surface area contributed by atoms with E-state index in [1.54, 1.807) is 14.0 Å². The molecular weight excluding hydrogens is 430 g/mol. The number of allylic oxidation sites excluding steroid dienone is 1. The van der Waals surface area contributed by atoms with Crippen molar-refractivity contribution in [2.45, 2.75) is 44.6 Å². The molecule has 2 aromatic carbocycles. The number of hydrogen-bond donors (Lipinski definition) is 2. The zero-order valence-electron chi connectivity index (χ0n) is 19.5. The first kappa shape index (κ1) is 22.1. The van der Waals surface area contributed by atoms with Gasteiger partial charge in [-0.15, -0.1) is 0 Å². The van der Waals surface area contributed by atoms with E-state index in [9.17, 15) is 9.59 Å². The molecule has 34 heavy (non-hydrogen) atoms. The van der Waals surface area contributed by atoms with Gasteiger partial charge < -0.3 is 25.4 Å². The van der Waals surface area contributed by atoms with Gasteiger partial charge >= 0.3 is 5.97 Å². The third-order valence-corrected chi connectivity index (χ3v) is 7.04. The van der Waals surface area contributed by atoms with Crippen LogP contribution in [0.4, 0.5) is 5.69 Å². The van der Waals surface area contributed by atoms with Crippen LogP contribution in [0.2, 0.25) is 0 Å². The standard InChI is InChI=1S/C27H29N3O4/c1-3-34-25(31)23-24(28)30(16-17-12-14-18(33-2)15-13-17)22-11-7-5-9-20(22)27(23)19-8-4-6-10-21(19)29-26(27)32/h4,6,8,10,12-15H,3,5,7,9,11,16,28H2,1-2H3,(H,29,32)/t27-/m1/s1. The van der Waals surface area contributed by atoms with Crippen LogP contribution in [-0.4, -0.2) is 30.5 Å². The fourth-order valence-corrected chi connectivity index (χ4v) is 5.57. The topological polar surface area (TPSA) is 93.9 Å². The molecule has 3 N–H and O–H groups in total. The molecule has 0 fully saturated rings. The van der Waals surface area contributed by atoms with E-state index in [0.29, 0.717) is 18.7 Å². The number of esters is 1. The number of amides is 1.